The van der Waals surface area contributed by atoms with Gasteiger partial charge in [-0.2, -0.15) is 18.3 Å². The SMILES string of the molecule is CCCc1c(C(F)(F)F)nn(CC(=O)NC(Cc2cc(F)cc(F)c2)c2ncccc2-c2c(C)cc(OC)cc2C)c1CC. The Bertz CT molecular complexity index is 1600. The largest absolute Gasteiger partial charge is 0.497 e. The quantitative estimate of drug-likeness (QED) is 0.178. The van der Waals surface area contributed by atoms with Crippen LogP contribution in [0.3, 0.4) is 0 Å². The summed E-state index contributed by atoms with van der Waals surface area (Å²) in [5.41, 5.74) is 3.42. The first-order valence-electron chi connectivity index (χ1n) is 14.4. The Morgan fingerprint density at radius 2 is 1.70 bits per heavy atom. The molecule has 2 heterocycles. The minimum atomic E-state index is -4.67. The summed E-state index contributed by atoms with van der Waals surface area (Å²) in [6.07, 6.45) is -2.26. The molecule has 1 amide bonds. The van der Waals surface area contributed by atoms with Gasteiger partial charge in [-0.05, 0) is 85.7 Å². The molecule has 0 radical (unpaired) electrons. The van der Waals surface area contributed by atoms with Gasteiger partial charge in [0.25, 0.3) is 0 Å². The lowest BCUT2D eigenvalue weighted by atomic mass is 9.90. The molecule has 1 unspecified atom stereocenters. The highest BCUT2D eigenvalue weighted by molar-refractivity contribution is 5.78. The van der Waals surface area contributed by atoms with E-state index in [9.17, 15) is 26.7 Å². The average Bonchev–Trinajstić information content (AvgIpc) is 3.29. The van der Waals surface area contributed by atoms with E-state index >= 15 is 0 Å². The third-order valence-corrected chi connectivity index (χ3v) is 7.44. The van der Waals surface area contributed by atoms with Crippen LogP contribution in [0.4, 0.5) is 22.0 Å². The van der Waals surface area contributed by atoms with Crippen LogP contribution in [0.15, 0.2) is 48.7 Å². The van der Waals surface area contributed by atoms with Crippen LogP contribution in [0.5, 0.6) is 5.75 Å². The molecule has 4 rings (SSSR count). The van der Waals surface area contributed by atoms with Gasteiger partial charge in [0, 0.05) is 29.1 Å². The third kappa shape index (κ3) is 7.26. The second kappa shape index (κ2) is 13.6. The molecule has 234 valence electrons. The van der Waals surface area contributed by atoms with Crippen LogP contribution in [0.25, 0.3) is 11.1 Å². The lowest BCUT2D eigenvalue weighted by Crippen LogP contribution is -2.34. The molecule has 0 aliphatic carbocycles. The Morgan fingerprint density at radius 1 is 1.05 bits per heavy atom. The second-order valence-electron chi connectivity index (χ2n) is 10.7. The predicted octanol–water partition coefficient (Wildman–Crippen LogP) is 7.48. The molecule has 2 aromatic carbocycles. The maximum atomic E-state index is 14.2. The fraction of sp³-hybridized carbons (Fsp3) is 0.364. The van der Waals surface area contributed by atoms with E-state index in [1.165, 1.54) is 12.1 Å². The fourth-order valence-electron chi connectivity index (χ4n) is 5.73. The van der Waals surface area contributed by atoms with Crippen molar-refractivity contribution in [2.45, 2.75) is 72.1 Å². The monoisotopic (exact) mass is 614 g/mol. The maximum absolute atomic E-state index is 14.2. The van der Waals surface area contributed by atoms with Crippen LogP contribution in [-0.2, 0) is 36.8 Å². The van der Waals surface area contributed by atoms with E-state index in [0.29, 0.717) is 29.1 Å². The topological polar surface area (TPSA) is 69.0 Å². The number of rotatable bonds is 11. The molecule has 1 N–H and O–H groups in total. The van der Waals surface area contributed by atoms with E-state index in [-0.39, 0.29) is 30.4 Å². The first-order valence-corrected chi connectivity index (χ1v) is 14.4. The van der Waals surface area contributed by atoms with E-state index in [0.717, 1.165) is 27.4 Å². The predicted molar refractivity (Wildman–Crippen MR) is 157 cm³/mol. The molecule has 0 saturated carbocycles. The van der Waals surface area contributed by atoms with E-state index in [1.807, 2.05) is 32.0 Å². The van der Waals surface area contributed by atoms with Crippen LogP contribution in [-0.4, -0.2) is 27.8 Å². The third-order valence-electron chi connectivity index (χ3n) is 7.44. The Labute approximate surface area is 253 Å². The molecule has 0 fully saturated rings. The Kier molecular flexibility index (Phi) is 10.1. The summed E-state index contributed by atoms with van der Waals surface area (Å²) < 4.78 is 76.4. The van der Waals surface area contributed by atoms with Crippen LogP contribution < -0.4 is 10.1 Å². The molecule has 0 aliphatic heterocycles. The van der Waals surface area contributed by atoms with Crippen LogP contribution in [0, 0.1) is 25.5 Å². The minimum absolute atomic E-state index is 0.0344. The number of hydrogen-bond acceptors (Lipinski definition) is 4. The van der Waals surface area contributed by atoms with Gasteiger partial charge in [-0.1, -0.05) is 26.3 Å². The number of nitrogens with one attached hydrogen (secondary N) is 1. The molecule has 0 bridgehead atoms. The van der Waals surface area contributed by atoms with Gasteiger partial charge in [0.05, 0.1) is 18.8 Å². The molecule has 11 heteroatoms. The normalized spacial score (nSPS) is 12.3. The number of pyridine rings is 1. The standard InChI is InChI=1S/C33H35F5N4O2/c1-6-9-25-28(7-2)42(41-32(25)33(36,37)38)18-29(43)40-27(16-21-14-22(34)17-23(35)15-21)31-26(10-8-11-39-31)30-19(3)12-24(44-5)13-20(30)4/h8,10-15,17,27H,6-7,9,16,18H2,1-5H3,(H,40,43). The number of benzene rings is 2. The number of amides is 1. The first kappa shape index (κ1) is 32.6. The zero-order valence-corrected chi connectivity index (χ0v) is 25.3. The number of aromatic nitrogens is 3. The number of methoxy groups -OCH3 is 1. The van der Waals surface area contributed by atoms with Crippen molar-refractivity contribution in [1.29, 1.82) is 0 Å². The Hall–Kier alpha value is -4.28. The molecular formula is C33H35F5N4O2. The molecule has 1 atom stereocenters. The number of ether oxygens (including phenoxy) is 1. The minimum Gasteiger partial charge on any atom is -0.497 e. The van der Waals surface area contributed by atoms with Crippen molar-refractivity contribution in [2.24, 2.45) is 0 Å². The van der Waals surface area contributed by atoms with E-state index in [2.05, 4.69) is 15.4 Å². The summed E-state index contributed by atoms with van der Waals surface area (Å²) in [7, 11) is 1.57. The molecule has 44 heavy (non-hydrogen) atoms. The van der Waals surface area contributed by atoms with Gasteiger partial charge < -0.3 is 10.1 Å². The number of carbonyl (C=O) groups is 1. The second-order valence-corrected chi connectivity index (χ2v) is 10.7. The van der Waals surface area contributed by atoms with Crippen molar-refractivity contribution in [3.05, 3.63) is 99.6 Å². The van der Waals surface area contributed by atoms with Crippen LogP contribution >= 0.6 is 0 Å². The van der Waals surface area contributed by atoms with Gasteiger partial charge in [-0.15, -0.1) is 0 Å². The van der Waals surface area contributed by atoms with Gasteiger partial charge >= 0.3 is 6.18 Å². The maximum Gasteiger partial charge on any atom is 0.435 e. The fourth-order valence-corrected chi connectivity index (χ4v) is 5.73. The van der Waals surface area contributed by atoms with Gasteiger partial charge in [-0.25, -0.2) is 8.78 Å². The average molecular weight is 615 g/mol. The Balaban J connectivity index is 1.77. The summed E-state index contributed by atoms with van der Waals surface area (Å²) in [6.45, 7) is 6.83. The molecule has 6 nitrogen and oxygen atoms in total. The first-order chi connectivity index (χ1) is 20.9. The lowest BCUT2D eigenvalue weighted by Gasteiger charge is -2.23. The number of halogens is 5. The van der Waals surface area contributed by atoms with Crippen molar-refractivity contribution < 1.29 is 31.5 Å². The summed E-state index contributed by atoms with van der Waals surface area (Å²) in [5.74, 6) is -1.51. The summed E-state index contributed by atoms with van der Waals surface area (Å²) in [4.78, 5) is 18.1. The van der Waals surface area contributed by atoms with Gasteiger partial charge in [0.15, 0.2) is 5.69 Å². The highest BCUT2D eigenvalue weighted by Gasteiger charge is 2.38. The van der Waals surface area contributed by atoms with Gasteiger partial charge in [0.2, 0.25) is 5.91 Å². The molecular weight excluding hydrogens is 579 g/mol. The van der Waals surface area contributed by atoms with Gasteiger partial charge in [-0.3, -0.25) is 14.5 Å². The number of aryl methyl sites for hydroxylation is 2. The van der Waals surface area contributed by atoms with Crippen molar-refractivity contribution in [3.63, 3.8) is 0 Å². The van der Waals surface area contributed by atoms with Crippen molar-refractivity contribution >= 4 is 5.91 Å². The van der Waals surface area contributed by atoms with Crippen molar-refractivity contribution in [2.75, 3.05) is 7.11 Å². The lowest BCUT2D eigenvalue weighted by molar-refractivity contribution is -0.142. The van der Waals surface area contributed by atoms with Crippen molar-refractivity contribution in [1.82, 2.24) is 20.1 Å². The zero-order valence-electron chi connectivity index (χ0n) is 25.3. The number of hydrogen-bond donors (Lipinski definition) is 1. The summed E-state index contributed by atoms with van der Waals surface area (Å²) in [6, 6.07) is 9.52. The van der Waals surface area contributed by atoms with E-state index in [1.54, 1.807) is 33.2 Å². The molecule has 2 aromatic heterocycles. The zero-order chi connectivity index (χ0) is 32.2. The molecule has 0 aliphatic rings. The molecule has 0 spiro atoms. The summed E-state index contributed by atoms with van der Waals surface area (Å²) in [5, 5.41) is 6.69. The van der Waals surface area contributed by atoms with E-state index in [4.69, 9.17) is 4.74 Å². The highest BCUT2D eigenvalue weighted by atomic mass is 19.4. The highest BCUT2D eigenvalue weighted by Crippen LogP contribution is 2.36. The van der Waals surface area contributed by atoms with Gasteiger partial charge in [0.1, 0.15) is 23.9 Å². The smallest absolute Gasteiger partial charge is 0.435 e. The van der Waals surface area contributed by atoms with E-state index < -0.39 is 42.0 Å². The number of nitrogens with zero attached hydrogens (tertiary/aromatic N) is 3. The van der Waals surface area contributed by atoms with Crippen LogP contribution in [0.1, 0.15) is 65.6 Å². The summed E-state index contributed by atoms with van der Waals surface area (Å²) >= 11 is 0. The van der Waals surface area contributed by atoms with Crippen LogP contribution in [0.2, 0.25) is 0 Å². The number of carbonyl (C=O) groups excluding carboxylic acids is 1. The molecule has 4 aromatic rings. The molecule has 0 saturated heterocycles. The van der Waals surface area contributed by atoms with Crippen molar-refractivity contribution in [3.8, 4) is 16.9 Å². The Morgan fingerprint density at radius 3 is 2.27 bits per heavy atom. The number of alkyl halides is 3.